The topological polar surface area (TPSA) is 52.0 Å². The average Bonchev–Trinajstić information content (AvgIpc) is 3.13. The molecule has 148 valence electrons. The molecular weight excluding hydrogens is 416 g/mol. The van der Waals surface area contributed by atoms with Crippen LogP contribution in [-0.2, 0) is 10.0 Å². The van der Waals surface area contributed by atoms with E-state index >= 15 is 0 Å². The highest BCUT2D eigenvalue weighted by atomic mass is 35.5. The smallest absolute Gasteiger partial charge is 0.227 e. The summed E-state index contributed by atoms with van der Waals surface area (Å²) in [4.78, 5) is 4.91. The Balaban J connectivity index is 1.89. The molecule has 1 aromatic heterocycles. The Hall–Kier alpha value is -3.15. The number of rotatable bonds is 3. The van der Waals surface area contributed by atoms with Crippen LogP contribution in [0.5, 0.6) is 0 Å². The number of fused-ring (bicyclic) bond motifs is 2. The van der Waals surface area contributed by atoms with Gasteiger partial charge in [-0.15, -0.1) is 0 Å². The van der Waals surface area contributed by atoms with Crippen molar-refractivity contribution in [2.75, 3.05) is 0 Å². The fraction of sp³-hybridized carbons (Fsp3) is 0.0417. The minimum atomic E-state index is -3.91. The molecule has 0 unspecified atom stereocenters. The number of aryl methyl sites for hydroxylation is 1. The molecule has 0 saturated carbocycles. The molecule has 0 spiro atoms. The second kappa shape index (κ2) is 6.97. The Kier molecular flexibility index (Phi) is 4.38. The fourth-order valence-corrected chi connectivity index (χ4v) is 5.31. The summed E-state index contributed by atoms with van der Waals surface area (Å²) >= 11 is 6.22. The summed E-state index contributed by atoms with van der Waals surface area (Å²) in [6.07, 6.45) is 0. The highest BCUT2D eigenvalue weighted by Crippen LogP contribution is 2.34. The SMILES string of the molecule is Cc1ccc(S(=O)(=O)n2c(-c3cccc4ccccc34)nc3ccc(Cl)cc32)cc1. The largest absolute Gasteiger partial charge is 0.269 e. The maximum atomic E-state index is 13.7. The lowest BCUT2D eigenvalue weighted by atomic mass is 10.0. The Morgan fingerprint density at radius 2 is 1.60 bits per heavy atom. The zero-order chi connectivity index (χ0) is 20.9. The van der Waals surface area contributed by atoms with Crippen LogP contribution in [0.25, 0.3) is 33.2 Å². The van der Waals surface area contributed by atoms with E-state index < -0.39 is 10.0 Å². The Labute approximate surface area is 179 Å². The second-order valence-corrected chi connectivity index (χ2v) is 9.40. The van der Waals surface area contributed by atoms with Crippen molar-refractivity contribution in [3.8, 4) is 11.4 Å². The quantitative estimate of drug-likeness (QED) is 0.348. The van der Waals surface area contributed by atoms with Crippen LogP contribution in [0.15, 0.2) is 89.8 Å². The molecule has 1 heterocycles. The summed E-state index contributed by atoms with van der Waals surface area (Å²) in [5.41, 5.74) is 2.75. The number of imidazole rings is 1. The van der Waals surface area contributed by atoms with E-state index in [2.05, 4.69) is 0 Å². The third kappa shape index (κ3) is 2.98. The summed E-state index contributed by atoms with van der Waals surface area (Å²) < 4.78 is 28.8. The van der Waals surface area contributed by atoms with Crippen molar-refractivity contribution < 1.29 is 8.42 Å². The Morgan fingerprint density at radius 1 is 0.867 bits per heavy atom. The molecule has 4 nitrogen and oxygen atoms in total. The molecule has 5 rings (SSSR count). The number of hydrogen-bond donors (Lipinski definition) is 0. The van der Waals surface area contributed by atoms with Gasteiger partial charge in [0.2, 0.25) is 0 Å². The van der Waals surface area contributed by atoms with Crippen molar-refractivity contribution in [3.63, 3.8) is 0 Å². The van der Waals surface area contributed by atoms with E-state index in [1.165, 1.54) is 3.97 Å². The zero-order valence-corrected chi connectivity index (χ0v) is 17.7. The molecule has 0 saturated heterocycles. The third-order valence-corrected chi connectivity index (χ3v) is 7.12. The van der Waals surface area contributed by atoms with Gasteiger partial charge in [0.1, 0.15) is 0 Å². The highest BCUT2D eigenvalue weighted by molar-refractivity contribution is 7.90. The van der Waals surface area contributed by atoms with Gasteiger partial charge in [-0.3, -0.25) is 0 Å². The number of hydrogen-bond acceptors (Lipinski definition) is 3. The van der Waals surface area contributed by atoms with E-state index in [0.29, 0.717) is 21.9 Å². The van der Waals surface area contributed by atoms with E-state index in [0.717, 1.165) is 21.9 Å². The maximum absolute atomic E-state index is 13.7. The van der Waals surface area contributed by atoms with Gasteiger partial charge in [0.15, 0.2) is 5.82 Å². The van der Waals surface area contributed by atoms with E-state index in [4.69, 9.17) is 16.6 Å². The van der Waals surface area contributed by atoms with Crippen molar-refractivity contribution in [3.05, 3.63) is 95.5 Å². The van der Waals surface area contributed by atoms with Gasteiger partial charge in [-0.05, 0) is 48.0 Å². The van der Waals surface area contributed by atoms with Gasteiger partial charge in [0.05, 0.1) is 15.9 Å². The van der Waals surface area contributed by atoms with Crippen LogP contribution in [0.1, 0.15) is 5.56 Å². The molecule has 0 radical (unpaired) electrons. The molecule has 0 aliphatic rings. The number of aromatic nitrogens is 2. The van der Waals surface area contributed by atoms with Gasteiger partial charge in [0, 0.05) is 10.6 Å². The normalized spacial score (nSPS) is 11.9. The van der Waals surface area contributed by atoms with Crippen molar-refractivity contribution in [1.29, 1.82) is 0 Å². The van der Waals surface area contributed by atoms with Gasteiger partial charge in [-0.1, -0.05) is 71.8 Å². The minimum Gasteiger partial charge on any atom is -0.227 e. The van der Waals surface area contributed by atoms with Gasteiger partial charge >= 0.3 is 0 Å². The van der Waals surface area contributed by atoms with Crippen molar-refractivity contribution in [2.24, 2.45) is 0 Å². The van der Waals surface area contributed by atoms with E-state index in [-0.39, 0.29) is 4.90 Å². The van der Waals surface area contributed by atoms with Crippen LogP contribution in [0.4, 0.5) is 0 Å². The van der Waals surface area contributed by atoms with Crippen LogP contribution in [0, 0.1) is 6.92 Å². The number of halogens is 1. The molecule has 0 aliphatic carbocycles. The standard InChI is InChI=1S/C24H17ClN2O2S/c1-16-9-12-19(13-10-16)30(28,29)27-23-15-18(25)11-14-22(23)26-24(27)21-8-4-6-17-5-2-3-7-20(17)21/h2-15H,1H3. The van der Waals surface area contributed by atoms with Gasteiger partial charge in [-0.2, -0.15) is 0 Å². The molecule has 5 aromatic rings. The summed E-state index contributed by atoms with van der Waals surface area (Å²) in [6.45, 7) is 1.92. The van der Waals surface area contributed by atoms with Crippen LogP contribution in [0.2, 0.25) is 5.02 Å². The molecular formula is C24H17ClN2O2S. The Bertz CT molecular complexity index is 1520. The maximum Gasteiger partial charge on any atom is 0.269 e. The van der Waals surface area contributed by atoms with Gasteiger partial charge < -0.3 is 0 Å². The highest BCUT2D eigenvalue weighted by Gasteiger charge is 2.26. The molecule has 4 aromatic carbocycles. The summed E-state index contributed by atoms with van der Waals surface area (Å²) in [6, 6.07) is 25.6. The van der Waals surface area contributed by atoms with Crippen molar-refractivity contribution in [1.82, 2.24) is 8.96 Å². The van der Waals surface area contributed by atoms with Crippen LogP contribution in [-0.4, -0.2) is 17.4 Å². The third-order valence-electron chi connectivity index (χ3n) is 5.16. The van der Waals surface area contributed by atoms with Crippen molar-refractivity contribution >= 4 is 43.4 Å². The zero-order valence-electron chi connectivity index (χ0n) is 16.1. The minimum absolute atomic E-state index is 0.203. The van der Waals surface area contributed by atoms with Gasteiger partial charge in [0.25, 0.3) is 10.0 Å². The lowest BCUT2D eigenvalue weighted by Gasteiger charge is -2.12. The van der Waals surface area contributed by atoms with E-state index in [1.807, 2.05) is 49.4 Å². The first-order valence-corrected chi connectivity index (χ1v) is 11.3. The average molecular weight is 433 g/mol. The van der Waals surface area contributed by atoms with Crippen LogP contribution in [0.3, 0.4) is 0 Å². The monoisotopic (exact) mass is 432 g/mol. The van der Waals surface area contributed by atoms with Crippen molar-refractivity contribution in [2.45, 2.75) is 11.8 Å². The predicted molar refractivity (Wildman–Crippen MR) is 121 cm³/mol. The molecule has 0 bridgehead atoms. The first kappa shape index (κ1) is 18.9. The molecule has 0 N–H and O–H groups in total. The predicted octanol–water partition coefficient (Wildman–Crippen LogP) is 6.06. The van der Waals surface area contributed by atoms with Crippen LogP contribution < -0.4 is 0 Å². The number of benzene rings is 4. The molecule has 0 fully saturated rings. The molecule has 0 amide bonds. The van der Waals surface area contributed by atoms with E-state index in [1.54, 1.807) is 42.5 Å². The van der Waals surface area contributed by atoms with Gasteiger partial charge in [-0.25, -0.2) is 17.4 Å². The lowest BCUT2D eigenvalue weighted by molar-refractivity contribution is 0.589. The second-order valence-electron chi connectivity index (χ2n) is 7.18. The van der Waals surface area contributed by atoms with E-state index in [9.17, 15) is 8.42 Å². The Morgan fingerprint density at radius 3 is 2.40 bits per heavy atom. The first-order chi connectivity index (χ1) is 14.4. The molecule has 0 atom stereocenters. The lowest BCUT2D eigenvalue weighted by Crippen LogP contribution is -2.14. The summed E-state index contributed by atoms with van der Waals surface area (Å²) in [5.74, 6) is 0.365. The first-order valence-electron chi connectivity index (χ1n) is 9.43. The molecule has 0 aliphatic heterocycles. The molecule has 30 heavy (non-hydrogen) atoms. The molecule has 6 heteroatoms. The fourth-order valence-electron chi connectivity index (χ4n) is 3.68. The summed E-state index contributed by atoms with van der Waals surface area (Å²) in [7, 11) is -3.91. The summed E-state index contributed by atoms with van der Waals surface area (Å²) in [5, 5.41) is 2.40. The van der Waals surface area contributed by atoms with Crippen LogP contribution >= 0.6 is 11.6 Å². The number of nitrogens with zero attached hydrogens (tertiary/aromatic N) is 2.